The molecule has 3 rings (SSSR count). The molecule has 0 radical (unpaired) electrons. The quantitative estimate of drug-likeness (QED) is 0.889. The number of ether oxygens (including phenoxy) is 1. The van der Waals surface area contributed by atoms with Gasteiger partial charge in [0.15, 0.2) is 0 Å². The van der Waals surface area contributed by atoms with E-state index in [9.17, 15) is 9.59 Å². The van der Waals surface area contributed by atoms with Gasteiger partial charge in [-0.15, -0.1) is 0 Å². The van der Waals surface area contributed by atoms with Crippen LogP contribution in [0.25, 0.3) is 0 Å². The van der Waals surface area contributed by atoms with Crippen molar-refractivity contribution in [2.75, 3.05) is 12.4 Å². The molecule has 118 valence electrons. The van der Waals surface area contributed by atoms with E-state index >= 15 is 0 Å². The molecule has 1 amide bonds. The van der Waals surface area contributed by atoms with Crippen LogP contribution >= 0.6 is 0 Å². The zero-order chi connectivity index (χ0) is 16.4. The van der Waals surface area contributed by atoms with E-state index in [2.05, 4.69) is 5.32 Å². The van der Waals surface area contributed by atoms with Gasteiger partial charge in [0, 0.05) is 5.92 Å². The predicted octanol–water partition coefficient (Wildman–Crippen LogP) is 3.14. The zero-order valence-electron chi connectivity index (χ0n) is 12.7. The number of nitrogens with one attached hydrogen (secondary N) is 1. The number of carbonyl (C=O) groups excluding carboxylic acids is 1. The Hall–Kier alpha value is -2.82. The lowest BCUT2D eigenvalue weighted by Gasteiger charge is -2.08. The van der Waals surface area contributed by atoms with E-state index in [1.807, 2.05) is 24.3 Å². The minimum Gasteiger partial charge on any atom is -0.497 e. The summed E-state index contributed by atoms with van der Waals surface area (Å²) in [5.41, 5.74) is 1.53. The fraction of sp³-hybridized carbons (Fsp3) is 0.222. The van der Waals surface area contributed by atoms with Crippen molar-refractivity contribution in [2.45, 2.75) is 12.3 Å². The van der Waals surface area contributed by atoms with Gasteiger partial charge in [0.2, 0.25) is 5.91 Å². The molecule has 2 aromatic rings. The molecule has 1 fully saturated rings. The summed E-state index contributed by atoms with van der Waals surface area (Å²) in [5, 5.41) is 11.9. The highest BCUT2D eigenvalue weighted by atomic mass is 16.5. The van der Waals surface area contributed by atoms with E-state index in [1.165, 1.54) is 6.07 Å². The summed E-state index contributed by atoms with van der Waals surface area (Å²) in [4.78, 5) is 23.5. The molecular weight excluding hydrogens is 294 g/mol. The molecule has 0 aromatic heterocycles. The molecule has 1 saturated carbocycles. The average molecular weight is 311 g/mol. The number of methoxy groups -OCH3 is 1. The second-order valence-corrected chi connectivity index (χ2v) is 5.56. The Morgan fingerprint density at radius 3 is 2.48 bits per heavy atom. The Balaban J connectivity index is 1.68. The maximum Gasteiger partial charge on any atom is 0.337 e. The van der Waals surface area contributed by atoms with Gasteiger partial charge in [0.05, 0.1) is 18.4 Å². The number of amides is 1. The molecule has 5 nitrogen and oxygen atoms in total. The molecule has 1 aliphatic rings. The minimum absolute atomic E-state index is 0.0995. The topological polar surface area (TPSA) is 75.6 Å². The maximum atomic E-state index is 12.3. The lowest BCUT2D eigenvalue weighted by atomic mass is 10.1. The van der Waals surface area contributed by atoms with Crippen molar-refractivity contribution in [1.29, 1.82) is 0 Å². The van der Waals surface area contributed by atoms with Crippen molar-refractivity contribution in [3.8, 4) is 5.75 Å². The van der Waals surface area contributed by atoms with Crippen molar-refractivity contribution in [2.24, 2.45) is 5.92 Å². The highest BCUT2D eigenvalue weighted by Crippen LogP contribution is 2.48. The normalized spacial score (nSPS) is 19.0. The molecule has 0 aliphatic heterocycles. The van der Waals surface area contributed by atoms with Gasteiger partial charge in [0.1, 0.15) is 5.75 Å². The van der Waals surface area contributed by atoms with Crippen molar-refractivity contribution < 1.29 is 19.4 Å². The summed E-state index contributed by atoms with van der Waals surface area (Å²) in [6, 6.07) is 14.1. The molecule has 5 heteroatoms. The number of benzene rings is 2. The largest absolute Gasteiger partial charge is 0.497 e. The summed E-state index contributed by atoms with van der Waals surface area (Å²) in [6.07, 6.45) is 0.771. The smallest absolute Gasteiger partial charge is 0.337 e. The van der Waals surface area contributed by atoms with E-state index in [0.717, 1.165) is 17.7 Å². The third-order valence-electron chi connectivity index (χ3n) is 4.09. The Morgan fingerprint density at radius 1 is 1.13 bits per heavy atom. The first-order valence-corrected chi connectivity index (χ1v) is 7.37. The molecule has 0 bridgehead atoms. The summed E-state index contributed by atoms with van der Waals surface area (Å²) in [7, 11) is 1.61. The van der Waals surface area contributed by atoms with Crippen molar-refractivity contribution in [3.05, 3.63) is 59.7 Å². The summed E-state index contributed by atoms with van der Waals surface area (Å²) in [6.45, 7) is 0. The average Bonchev–Trinajstić information content (AvgIpc) is 3.36. The number of rotatable bonds is 5. The lowest BCUT2D eigenvalue weighted by molar-refractivity contribution is -0.117. The SMILES string of the molecule is COc1ccc(C2CC2C(=O)Nc2ccccc2C(=O)O)cc1. The maximum absolute atomic E-state index is 12.3. The number of carboxylic acids is 1. The summed E-state index contributed by atoms with van der Waals surface area (Å²) >= 11 is 0. The number of hydrogen-bond acceptors (Lipinski definition) is 3. The number of anilines is 1. The van der Waals surface area contributed by atoms with E-state index in [1.54, 1.807) is 25.3 Å². The van der Waals surface area contributed by atoms with E-state index in [0.29, 0.717) is 5.69 Å². The number of hydrogen-bond donors (Lipinski definition) is 2. The van der Waals surface area contributed by atoms with Crippen molar-refractivity contribution >= 4 is 17.6 Å². The van der Waals surface area contributed by atoms with Crippen LogP contribution in [0, 0.1) is 5.92 Å². The zero-order valence-corrected chi connectivity index (χ0v) is 12.7. The molecule has 23 heavy (non-hydrogen) atoms. The molecular formula is C18H17NO4. The van der Waals surface area contributed by atoms with Crippen LogP contribution in [-0.4, -0.2) is 24.1 Å². The van der Waals surface area contributed by atoms with E-state index < -0.39 is 5.97 Å². The molecule has 2 N–H and O–H groups in total. The Morgan fingerprint density at radius 2 is 1.83 bits per heavy atom. The highest BCUT2D eigenvalue weighted by Gasteiger charge is 2.44. The second-order valence-electron chi connectivity index (χ2n) is 5.56. The molecule has 2 unspecified atom stereocenters. The lowest BCUT2D eigenvalue weighted by Crippen LogP contribution is -2.17. The van der Waals surface area contributed by atoms with Crippen LogP contribution in [0.15, 0.2) is 48.5 Å². The first-order chi connectivity index (χ1) is 11.1. The fourth-order valence-electron chi connectivity index (χ4n) is 2.71. The van der Waals surface area contributed by atoms with Crippen molar-refractivity contribution in [1.82, 2.24) is 0 Å². The number of carboxylic acid groups (broad SMARTS) is 1. The molecule has 0 heterocycles. The first-order valence-electron chi connectivity index (χ1n) is 7.37. The standard InChI is InChI=1S/C18H17NO4/c1-23-12-8-6-11(7-9-12)14-10-15(14)17(20)19-16-5-3-2-4-13(16)18(21)22/h2-9,14-15H,10H2,1H3,(H,19,20)(H,21,22). The number of para-hydroxylation sites is 1. The van der Waals surface area contributed by atoms with Gasteiger partial charge >= 0.3 is 5.97 Å². The van der Waals surface area contributed by atoms with Crippen LogP contribution in [0.2, 0.25) is 0 Å². The van der Waals surface area contributed by atoms with Crippen LogP contribution in [0.3, 0.4) is 0 Å². The Kier molecular flexibility index (Phi) is 4.02. The molecule has 2 atom stereocenters. The number of aromatic carboxylic acids is 1. The van der Waals surface area contributed by atoms with E-state index in [-0.39, 0.29) is 23.3 Å². The molecule has 2 aromatic carbocycles. The molecule has 1 aliphatic carbocycles. The van der Waals surface area contributed by atoms with Crippen molar-refractivity contribution in [3.63, 3.8) is 0 Å². The minimum atomic E-state index is -1.05. The molecule has 0 spiro atoms. The van der Waals surface area contributed by atoms with Gasteiger partial charge in [-0.3, -0.25) is 4.79 Å². The third kappa shape index (κ3) is 3.18. The van der Waals surface area contributed by atoms with Gasteiger partial charge in [-0.1, -0.05) is 24.3 Å². The Labute approximate surface area is 133 Å². The Bertz CT molecular complexity index is 739. The highest BCUT2D eigenvalue weighted by molar-refractivity contribution is 6.02. The first kappa shape index (κ1) is 15.1. The summed E-state index contributed by atoms with van der Waals surface area (Å²) in [5.74, 6) is -0.350. The van der Waals surface area contributed by atoms with Crippen LogP contribution in [0.4, 0.5) is 5.69 Å². The fourth-order valence-corrected chi connectivity index (χ4v) is 2.71. The van der Waals surface area contributed by atoms with Gasteiger partial charge in [-0.25, -0.2) is 4.79 Å². The number of carbonyl (C=O) groups is 2. The van der Waals surface area contributed by atoms with Gasteiger partial charge in [-0.2, -0.15) is 0 Å². The van der Waals surface area contributed by atoms with Crippen LogP contribution in [0.1, 0.15) is 28.3 Å². The second kappa shape index (κ2) is 6.12. The summed E-state index contributed by atoms with van der Waals surface area (Å²) < 4.78 is 5.12. The van der Waals surface area contributed by atoms with Crippen LogP contribution < -0.4 is 10.1 Å². The predicted molar refractivity (Wildman–Crippen MR) is 85.9 cm³/mol. The molecule has 0 saturated heterocycles. The van der Waals surface area contributed by atoms with Gasteiger partial charge < -0.3 is 15.2 Å². The van der Waals surface area contributed by atoms with Gasteiger partial charge in [0.25, 0.3) is 0 Å². The van der Waals surface area contributed by atoms with Crippen LogP contribution in [-0.2, 0) is 4.79 Å². The van der Waals surface area contributed by atoms with Crippen LogP contribution in [0.5, 0.6) is 5.75 Å². The third-order valence-corrected chi connectivity index (χ3v) is 4.09. The van der Waals surface area contributed by atoms with E-state index in [4.69, 9.17) is 9.84 Å². The monoisotopic (exact) mass is 311 g/mol. The van der Waals surface area contributed by atoms with Gasteiger partial charge in [-0.05, 0) is 42.2 Å².